The number of hydrogen-bond acceptors (Lipinski definition) is 4. The Morgan fingerprint density at radius 3 is 2.06 bits per heavy atom. The molecule has 17 heavy (non-hydrogen) atoms. The zero-order valence-electron chi connectivity index (χ0n) is 10.6. The molecular weight excluding hydrogens is 216 g/mol. The summed E-state index contributed by atoms with van der Waals surface area (Å²) >= 11 is 0. The Bertz CT molecular complexity index is 301. The van der Waals surface area contributed by atoms with Gasteiger partial charge in [0, 0.05) is 25.0 Å². The van der Waals surface area contributed by atoms with Crippen LogP contribution in [-0.4, -0.2) is 29.4 Å². The van der Waals surface area contributed by atoms with E-state index in [0.717, 1.165) is 0 Å². The van der Waals surface area contributed by atoms with E-state index in [0.29, 0.717) is 38.8 Å². The zero-order chi connectivity index (χ0) is 13.3. The highest BCUT2D eigenvalue weighted by Gasteiger charge is 2.17. The summed E-state index contributed by atoms with van der Waals surface area (Å²) in [5.41, 5.74) is 5.44. The molecule has 2 N–H and O–H groups in total. The van der Waals surface area contributed by atoms with E-state index in [4.69, 9.17) is 16.3 Å². The van der Waals surface area contributed by atoms with Gasteiger partial charge >= 0.3 is 0 Å². The van der Waals surface area contributed by atoms with Crippen LogP contribution in [0.1, 0.15) is 39.5 Å². The molecule has 0 spiro atoms. The first-order valence-electron chi connectivity index (χ1n) is 5.71. The van der Waals surface area contributed by atoms with Gasteiger partial charge in [0.15, 0.2) is 0 Å². The van der Waals surface area contributed by atoms with Crippen molar-refractivity contribution in [1.29, 1.82) is 10.5 Å². The van der Waals surface area contributed by atoms with E-state index in [9.17, 15) is 4.79 Å². The van der Waals surface area contributed by atoms with Crippen molar-refractivity contribution in [3.63, 3.8) is 0 Å². The maximum Gasteiger partial charge on any atom is 0.222 e. The first-order valence-corrected chi connectivity index (χ1v) is 5.71. The maximum absolute atomic E-state index is 11.9. The van der Waals surface area contributed by atoms with E-state index in [1.807, 2.05) is 26.0 Å². The smallest absolute Gasteiger partial charge is 0.222 e. The first kappa shape index (κ1) is 15.4. The number of rotatable bonds is 7. The Morgan fingerprint density at radius 1 is 1.24 bits per heavy atom. The Kier molecular flexibility index (Phi) is 6.93. The summed E-state index contributed by atoms with van der Waals surface area (Å²) in [6.07, 6.45) is 1.55. The minimum Gasteiger partial charge on any atom is -0.341 e. The molecular formula is C12H20N4O. The molecule has 0 radical (unpaired) electrons. The molecule has 1 amide bonds. The second-order valence-electron chi connectivity index (χ2n) is 4.69. The van der Waals surface area contributed by atoms with Crippen LogP contribution >= 0.6 is 0 Å². The molecule has 0 aromatic heterocycles. The number of amides is 1. The fourth-order valence-electron chi connectivity index (χ4n) is 1.32. The molecule has 0 aromatic carbocycles. The number of nitrogens with two attached hydrogens (primary N) is 1. The molecule has 0 saturated heterocycles. The Morgan fingerprint density at radius 2 is 1.71 bits per heavy atom. The summed E-state index contributed by atoms with van der Waals surface area (Å²) in [5.74, 6) is -0.0333. The van der Waals surface area contributed by atoms with Gasteiger partial charge < -0.3 is 10.6 Å². The average molecular weight is 236 g/mol. The van der Waals surface area contributed by atoms with Crippen LogP contribution < -0.4 is 5.73 Å². The highest BCUT2D eigenvalue weighted by molar-refractivity contribution is 5.76. The third-order valence-corrected chi connectivity index (χ3v) is 2.32. The standard InChI is InChI=1S/C12H20N4O/c1-12(2,15)6-5-11(17)16(9-3-7-13)10-4-8-14/h3-6,9-10,15H2,1-2H3. The molecule has 0 unspecified atom stereocenters. The second-order valence-corrected chi connectivity index (χ2v) is 4.69. The van der Waals surface area contributed by atoms with Gasteiger partial charge in [-0.2, -0.15) is 10.5 Å². The molecule has 0 heterocycles. The quantitative estimate of drug-likeness (QED) is 0.717. The summed E-state index contributed by atoms with van der Waals surface area (Å²) in [4.78, 5) is 13.4. The molecule has 0 fully saturated rings. The monoisotopic (exact) mass is 236 g/mol. The molecule has 5 heteroatoms. The highest BCUT2D eigenvalue weighted by Crippen LogP contribution is 2.09. The molecule has 0 bridgehead atoms. The van der Waals surface area contributed by atoms with Gasteiger partial charge in [-0.25, -0.2) is 0 Å². The number of hydrogen-bond donors (Lipinski definition) is 1. The van der Waals surface area contributed by atoms with E-state index < -0.39 is 0 Å². The lowest BCUT2D eigenvalue weighted by molar-refractivity contribution is -0.131. The van der Waals surface area contributed by atoms with Crippen LogP contribution in [0.5, 0.6) is 0 Å². The maximum atomic E-state index is 11.9. The lowest BCUT2D eigenvalue weighted by Gasteiger charge is -2.23. The molecule has 0 aromatic rings. The fraction of sp³-hybridized carbons (Fsp3) is 0.750. The first-order chi connectivity index (χ1) is 7.90. The van der Waals surface area contributed by atoms with Gasteiger partial charge in [0.25, 0.3) is 0 Å². The van der Waals surface area contributed by atoms with Gasteiger partial charge in [0.2, 0.25) is 5.91 Å². The molecule has 0 atom stereocenters. The topological polar surface area (TPSA) is 93.9 Å². The van der Waals surface area contributed by atoms with Crippen LogP contribution in [0.2, 0.25) is 0 Å². The van der Waals surface area contributed by atoms with E-state index in [1.165, 1.54) is 0 Å². The summed E-state index contributed by atoms with van der Waals surface area (Å²) in [6.45, 7) is 4.52. The van der Waals surface area contributed by atoms with Crippen LogP contribution in [0.4, 0.5) is 0 Å². The number of carbonyl (C=O) groups excluding carboxylic acids is 1. The fourth-order valence-corrected chi connectivity index (χ4v) is 1.32. The number of nitrogens with zero attached hydrogens (tertiary/aromatic N) is 3. The molecule has 0 rings (SSSR count). The third kappa shape index (κ3) is 8.24. The van der Waals surface area contributed by atoms with Gasteiger partial charge in [-0.3, -0.25) is 4.79 Å². The van der Waals surface area contributed by atoms with Gasteiger partial charge in [-0.1, -0.05) is 0 Å². The summed E-state index contributed by atoms with van der Waals surface area (Å²) < 4.78 is 0. The zero-order valence-corrected chi connectivity index (χ0v) is 10.6. The summed E-state index contributed by atoms with van der Waals surface area (Å²) in [7, 11) is 0. The van der Waals surface area contributed by atoms with Crippen molar-refractivity contribution in [3.8, 4) is 12.1 Å². The van der Waals surface area contributed by atoms with Crippen LogP contribution in [0.15, 0.2) is 0 Å². The Labute approximate surface area is 103 Å². The highest BCUT2D eigenvalue weighted by atomic mass is 16.2. The van der Waals surface area contributed by atoms with Gasteiger partial charge in [-0.15, -0.1) is 0 Å². The van der Waals surface area contributed by atoms with Crippen LogP contribution in [0.25, 0.3) is 0 Å². The van der Waals surface area contributed by atoms with E-state index in [-0.39, 0.29) is 11.4 Å². The number of carbonyl (C=O) groups is 1. The van der Waals surface area contributed by atoms with Crippen molar-refractivity contribution in [2.75, 3.05) is 13.1 Å². The van der Waals surface area contributed by atoms with Gasteiger partial charge in [0.05, 0.1) is 25.0 Å². The van der Waals surface area contributed by atoms with Crippen molar-refractivity contribution in [2.24, 2.45) is 5.73 Å². The normalized spacial score (nSPS) is 10.4. The van der Waals surface area contributed by atoms with Crippen molar-refractivity contribution >= 4 is 5.91 Å². The van der Waals surface area contributed by atoms with Crippen LogP contribution in [0.3, 0.4) is 0 Å². The van der Waals surface area contributed by atoms with E-state index in [1.54, 1.807) is 4.90 Å². The summed E-state index contributed by atoms with van der Waals surface area (Å²) in [6, 6.07) is 4.00. The largest absolute Gasteiger partial charge is 0.341 e. The van der Waals surface area contributed by atoms with Crippen molar-refractivity contribution in [1.82, 2.24) is 4.90 Å². The summed E-state index contributed by atoms with van der Waals surface area (Å²) in [5, 5.41) is 17.0. The van der Waals surface area contributed by atoms with E-state index >= 15 is 0 Å². The SMILES string of the molecule is CC(C)(N)CCC(=O)N(CCC#N)CCC#N. The molecule has 0 aliphatic carbocycles. The molecule has 0 aliphatic rings. The van der Waals surface area contributed by atoms with Crippen LogP contribution in [0, 0.1) is 22.7 Å². The second kappa shape index (κ2) is 7.65. The molecule has 5 nitrogen and oxygen atoms in total. The molecule has 0 aliphatic heterocycles. The predicted molar refractivity (Wildman–Crippen MR) is 64.5 cm³/mol. The number of nitriles is 2. The lowest BCUT2D eigenvalue weighted by Crippen LogP contribution is -2.37. The van der Waals surface area contributed by atoms with E-state index in [2.05, 4.69) is 0 Å². The molecule has 94 valence electrons. The third-order valence-electron chi connectivity index (χ3n) is 2.32. The Balaban J connectivity index is 4.23. The van der Waals surface area contributed by atoms with Gasteiger partial charge in [0.1, 0.15) is 0 Å². The van der Waals surface area contributed by atoms with Crippen molar-refractivity contribution < 1.29 is 4.79 Å². The minimum atomic E-state index is -0.369. The lowest BCUT2D eigenvalue weighted by atomic mass is 9.99. The predicted octanol–water partition coefficient (Wildman–Crippen LogP) is 1.16. The van der Waals surface area contributed by atoms with Crippen LogP contribution in [-0.2, 0) is 4.79 Å². The van der Waals surface area contributed by atoms with Gasteiger partial charge in [-0.05, 0) is 20.3 Å². The minimum absolute atomic E-state index is 0.0333. The van der Waals surface area contributed by atoms with Crippen molar-refractivity contribution in [3.05, 3.63) is 0 Å². The van der Waals surface area contributed by atoms with Crippen molar-refractivity contribution in [2.45, 2.75) is 45.1 Å². The Hall–Kier alpha value is -1.59. The molecule has 0 saturated carbocycles. The average Bonchev–Trinajstić information content (AvgIpc) is 2.25.